The molecule has 1 atom stereocenters. The maximum Gasteiger partial charge on any atom is 0.121 e. The van der Waals surface area contributed by atoms with Gasteiger partial charge in [-0.2, -0.15) is 0 Å². The van der Waals surface area contributed by atoms with E-state index in [0.29, 0.717) is 13.0 Å². The van der Waals surface area contributed by atoms with Gasteiger partial charge in [0, 0.05) is 20.0 Å². The number of hydrogen-bond acceptors (Lipinski definition) is 3. The molecule has 2 rings (SSSR count). The fourth-order valence-electron chi connectivity index (χ4n) is 2.18. The second kappa shape index (κ2) is 3.91. The van der Waals surface area contributed by atoms with Crippen LogP contribution in [0.1, 0.15) is 32.1 Å². The minimum Gasteiger partial charge on any atom is -0.495 e. The van der Waals surface area contributed by atoms with Crippen molar-refractivity contribution < 1.29 is 14.6 Å². The Labute approximate surface area is 84.7 Å². The molecule has 1 fully saturated rings. The lowest BCUT2D eigenvalue weighted by atomic mass is 9.76. The quantitative estimate of drug-likeness (QED) is 0.746. The summed E-state index contributed by atoms with van der Waals surface area (Å²) in [6.45, 7) is 0.715. The highest BCUT2D eigenvalue weighted by Gasteiger charge is 2.39. The van der Waals surface area contributed by atoms with Gasteiger partial charge in [-0.15, -0.1) is 0 Å². The van der Waals surface area contributed by atoms with Gasteiger partial charge >= 0.3 is 0 Å². The molecule has 1 aliphatic carbocycles. The summed E-state index contributed by atoms with van der Waals surface area (Å²) >= 11 is 0. The molecule has 0 saturated heterocycles. The highest BCUT2D eigenvalue weighted by atomic mass is 16.5. The molecule has 1 unspecified atom stereocenters. The van der Waals surface area contributed by atoms with E-state index in [0.717, 1.165) is 25.0 Å². The Balaban J connectivity index is 1.89. The van der Waals surface area contributed by atoms with Crippen LogP contribution in [0.5, 0.6) is 0 Å². The van der Waals surface area contributed by atoms with Gasteiger partial charge in [0.2, 0.25) is 0 Å². The van der Waals surface area contributed by atoms with Crippen molar-refractivity contribution >= 4 is 0 Å². The lowest BCUT2D eigenvalue weighted by Gasteiger charge is -2.41. The molecule has 1 saturated carbocycles. The van der Waals surface area contributed by atoms with Crippen molar-refractivity contribution in [2.45, 2.75) is 43.8 Å². The van der Waals surface area contributed by atoms with Gasteiger partial charge in [0.25, 0.3) is 0 Å². The Kier molecular flexibility index (Phi) is 2.79. The fraction of sp³-hybridized carbons (Fsp3) is 0.818. The van der Waals surface area contributed by atoms with E-state index in [1.165, 1.54) is 6.42 Å². The van der Waals surface area contributed by atoms with Gasteiger partial charge in [0.05, 0.1) is 12.2 Å². The molecule has 0 amide bonds. The molecule has 0 aromatic heterocycles. The van der Waals surface area contributed by atoms with Gasteiger partial charge in [0.15, 0.2) is 0 Å². The molecule has 2 aliphatic rings. The largest absolute Gasteiger partial charge is 0.495 e. The average molecular weight is 198 g/mol. The van der Waals surface area contributed by atoms with E-state index in [1.807, 2.05) is 6.08 Å². The molecule has 1 N–H and O–H groups in total. The average Bonchev–Trinajstić information content (AvgIpc) is 2.63. The zero-order chi connectivity index (χ0) is 10.0. The van der Waals surface area contributed by atoms with E-state index in [1.54, 1.807) is 7.11 Å². The molecule has 0 radical (unpaired) electrons. The normalized spacial score (nSPS) is 26.3. The van der Waals surface area contributed by atoms with Crippen LogP contribution in [-0.4, -0.2) is 30.5 Å². The third-order valence-corrected chi connectivity index (χ3v) is 3.32. The number of aliphatic hydroxyl groups is 1. The Hall–Kier alpha value is -0.540. The zero-order valence-corrected chi connectivity index (χ0v) is 8.66. The van der Waals surface area contributed by atoms with Crippen molar-refractivity contribution in [1.29, 1.82) is 0 Å². The summed E-state index contributed by atoms with van der Waals surface area (Å²) in [5, 5.41) is 9.91. The van der Waals surface area contributed by atoms with Crippen LogP contribution in [0.4, 0.5) is 0 Å². The topological polar surface area (TPSA) is 38.7 Å². The van der Waals surface area contributed by atoms with Crippen molar-refractivity contribution in [3.63, 3.8) is 0 Å². The van der Waals surface area contributed by atoms with Gasteiger partial charge in [-0.05, 0) is 25.3 Å². The number of rotatable bonds is 4. The Morgan fingerprint density at radius 3 is 2.86 bits per heavy atom. The summed E-state index contributed by atoms with van der Waals surface area (Å²) in [5.74, 6) is 0.744. The van der Waals surface area contributed by atoms with Crippen molar-refractivity contribution in [1.82, 2.24) is 0 Å². The van der Waals surface area contributed by atoms with E-state index in [9.17, 15) is 5.11 Å². The van der Waals surface area contributed by atoms with Crippen molar-refractivity contribution in [2.24, 2.45) is 0 Å². The van der Waals surface area contributed by atoms with Crippen LogP contribution in [0.25, 0.3) is 0 Å². The molecule has 0 aromatic carbocycles. The molecular weight excluding hydrogens is 180 g/mol. The second-order valence-electron chi connectivity index (χ2n) is 4.20. The monoisotopic (exact) mass is 198 g/mol. The summed E-state index contributed by atoms with van der Waals surface area (Å²) in [6, 6.07) is 0. The first-order valence-electron chi connectivity index (χ1n) is 5.32. The third kappa shape index (κ3) is 1.79. The molecule has 1 aliphatic heterocycles. The second-order valence-corrected chi connectivity index (χ2v) is 4.20. The SMILES string of the molecule is COC1(CC(O)C2=CCCO2)CCC1. The molecule has 3 nitrogen and oxygen atoms in total. The summed E-state index contributed by atoms with van der Waals surface area (Å²) in [5.41, 5.74) is -0.0772. The van der Waals surface area contributed by atoms with Crippen LogP contribution in [0, 0.1) is 0 Å². The minimum atomic E-state index is -0.474. The first kappa shape index (κ1) is 9.99. The number of methoxy groups -OCH3 is 1. The maximum atomic E-state index is 9.91. The van der Waals surface area contributed by atoms with E-state index < -0.39 is 6.10 Å². The van der Waals surface area contributed by atoms with Crippen LogP contribution in [0.2, 0.25) is 0 Å². The molecular formula is C11H18O3. The first-order valence-corrected chi connectivity index (χ1v) is 5.32. The Bertz CT molecular complexity index is 225. The number of ether oxygens (including phenoxy) is 2. The van der Waals surface area contributed by atoms with Crippen LogP contribution in [0.3, 0.4) is 0 Å². The van der Waals surface area contributed by atoms with Gasteiger partial charge in [-0.25, -0.2) is 0 Å². The first-order chi connectivity index (χ1) is 6.76. The lowest BCUT2D eigenvalue weighted by Crippen LogP contribution is -2.42. The number of aliphatic hydroxyl groups excluding tert-OH is 1. The van der Waals surface area contributed by atoms with E-state index in [4.69, 9.17) is 9.47 Å². The van der Waals surface area contributed by atoms with Gasteiger partial charge in [-0.3, -0.25) is 0 Å². The lowest BCUT2D eigenvalue weighted by molar-refractivity contribution is -0.0992. The Morgan fingerprint density at radius 1 is 1.64 bits per heavy atom. The molecule has 14 heavy (non-hydrogen) atoms. The van der Waals surface area contributed by atoms with E-state index >= 15 is 0 Å². The van der Waals surface area contributed by atoms with Crippen LogP contribution < -0.4 is 0 Å². The molecule has 3 heteroatoms. The predicted molar refractivity (Wildman–Crippen MR) is 52.9 cm³/mol. The van der Waals surface area contributed by atoms with Crippen LogP contribution in [0.15, 0.2) is 11.8 Å². The Morgan fingerprint density at radius 2 is 2.43 bits per heavy atom. The van der Waals surface area contributed by atoms with Gasteiger partial charge in [0.1, 0.15) is 11.9 Å². The molecule has 0 spiro atoms. The fourth-order valence-corrected chi connectivity index (χ4v) is 2.18. The van der Waals surface area contributed by atoms with Crippen molar-refractivity contribution in [3.05, 3.63) is 11.8 Å². The van der Waals surface area contributed by atoms with Crippen LogP contribution in [-0.2, 0) is 9.47 Å². The minimum absolute atomic E-state index is 0.0772. The highest BCUT2D eigenvalue weighted by Crippen LogP contribution is 2.40. The van der Waals surface area contributed by atoms with Crippen LogP contribution >= 0.6 is 0 Å². The summed E-state index contributed by atoms with van der Waals surface area (Å²) < 4.78 is 10.8. The van der Waals surface area contributed by atoms with E-state index in [-0.39, 0.29) is 5.60 Å². The van der Waals surface area contributed by atoms with Gasteiger partial charge in [-0.1, -0.05) is 0 Å². The smallest absolute Gasteiger partial charge is 0.121 e. The summed E-state index contributed by atoms with van der Waals surface area (Å²) in [6.07, 6.45) is 6.44. The van der Waals surface area contributed by atoms with Crippen molar-refractivity contribution in [3.8, 4) is 0 Å². The summed E-state index contributed by atoms with van der Waals surface area (Å²) in [4.78, 5) is 0. The zero-order valence-electron chi connectivity index (χ0n) is 8.66. The van der Waals surface area contributed by atoms with Crippen molar-refractivity contribution in [2.75, 3.05) is 13.7 Å². The standard InChI is InChI=1S/C11H18O3/c1-13-11(5-3-6-11)8-9(12)10-4-2-7-14-10/h4,9,12H,2-3,5-8H2,1H3. The number of hydrogen-bond donors (Lipinski definition) is 1. The maximum absolute atomic E-state index is 9.91. The molecule has 0 bridgehead atoms. The highest BCUT2D eigenvalue weighted by molar-refractivity contribution is 5.07. The third-order valence-electron chi connectivity index (χ3n) is 3.32. The van der Waals surface area contributed by atoms with Gasteiger partial charge < -0.3 is 14.6 Å². The molecule has 0 aromatic rings. The molecule has 80 valence electrons. The predicted octanol–water partition coefficient (Wildman–Crippen LogP) is 1.61. The van der Waals surface area contributed by atoms with E-state index in [2.05, 4.69) is 0 Å². The molecule has 1 heterocycles. The summed E-state index contributed by atoms with van der Waals surface area (Å²) in [7, 11) is 1.73.